The molecule has 6 nitrogen and oxygen atoms in total. The fourth-order valence-corrected chi connectivity index (χ4v) is 1.67. The monoisotopic (exact) mass is 286 g/mol. The number of non-ortho nitro benzene ring substituents is 1. The van der Waals surface area contributed by atoms with E-state index in [2.05, 4.69) is 5.32 Å². The number of benzene rings is 1. The number of nitrogens with zero attached hydrogens (tertiary/aromatic N) is 1. The van der Waals surface area contributed by atoms with Crippen LogP contribution in [0.15, 0.2) is 18.2 Å². The maximum absolute atomic E-state index is 11.8. The van der Waals surface area contributed by atoms with E-state index in [1.807, 2.05) is 0 Å². The van der Waals surface area contributed by atoms with E-state index < -0.39 is 10.8 Å². The van der Waals surface area contributed by atoms with Crippen LogP contribution in [0.1, 0.15) is 23.2 Å². The van der Waals surface area contributed by atoms with Crippen LogP contribution in [-0.4, -0.2) is 31.1 Å². The molecule has 19 heavy (non-hydrogen) atoms. The molecule has 0 heterocycles. The van der Waals surface area contributed by atoms with E-state index in [1.165, 1.54) is 18.2 Å². The Bertz CT molecular complexity index is 465. The number of unbranched alkanes of at least 4 members (excludes halogenated alkanes) is 1. The summed E-state index contributed by atoms with van der Waals surface area (Å²) in [4.78, 5) is 21.9. The summed E-state index contributed by atoms with van der Waals surface area (Å²) in [5.74, 6) is -0.411. The zero-order valence-corrected chi connectivity index (χ0v) is 11.3. The normalized spacial score (nSPS) is 10.2. The highest BCUT2D eigenvalue weighted by Gasteiger charge is 2.15. The highest BCUT2D eigenvalue weighted by Crippen LogP contribution is 2.21. The van der Waals surface area contributed by atoms with Crippen LogP contribution in [0.4, 0.5) is 5.69 Å². The van der Waals surface area contributed by atoms with Crippen molar-refractivity contribution >= 4 is 23.2 Å². The van der Waals surface area contributed by atoms with Crippen molar-refractivity contribution in [2.45, 2.75) is 12.8 Å². The maximum Gasteiger partial charge on any atom is 0.270 e. The first-order chi connectivity index (χ1) is 9.06. The molecule has 0 aliphatic carbocycles. The first kappa shape index (κ1) is 15.4. The van der Waals surface area contributed by atoms with Crippen LogP contribution in [0.25, 0.3) is 0 Å². The van der Waals surface area contributed by atoms with Crippen LogP contribution in [0, 0.1) is 10.1 Å². The lowest BCUT2D eigenvalue weighted by molar-refractivity contribution is -0.384. The van der Waals surface area contributed by atoms with Gasteiger partial charge in [0.25, 0.3) is 11.6 Å². The third-order valence-corrected chi connectivity index (χ3v) is 2.80. The van der Waals surface area contributed by atoms with Gasteiger partial charge in [-0.2, -0.15) is 0 Å². The van der Waals surface area contributed by atoms with E-state index in [9.17, 15) is 14.9 Å². The Morgan fingerprint density at radius 3 is 2.84 bits per heavy atom. The number of halogens is 1. The standard InChI is InChI=1S/C12H15ClN2O4/c1-19-7-3-2-6-14-12(16)10-8-9(15(17)18)4-5-11(10)13/h4-5,8H,2-3,6-7H2,1H3,(H,14,16). The van der Waals surface area contributed by atoms with Crippen molar-refractivity contribution < 1.29 is 14.5 Å². The van der Waals surface area contributed by atoms with Crippen LogP contribution >= 0.6 is 11.6 Å². The molecule has 1 aromatic rings. The number of nitro benzene ring substituents is 1. The van der Waals surface area contributed by atoms with E-state index in [0.29, 0.717) is 13.2 Å². The van der Waals surface area contributed by atoms with Gasteiger partial charge < -0.3 is 10.1 Å². The van der Waals surface area contributed by atoms with Gasteiger partial charge in [-0.3, -0.25) is 14.9 Å². The first-order valence-electron chi connectivity index (χ1n) is 5.77. The zero-order valence-electron chi connectivity index (χ0n) is 10.5. The van der Waals surface area contributed by atoms with E-state index in [0.717, 1.165) is 12.8 Å². The quantitative estimate of drug-likeness (QED) is 0.474. The SMILES string of the molecule is COCCCCNC(=O)c1cc([N+](=O)[O-])ccc1Cl. The Hall–Kier alpha value is -1.66. The smallest absolute Gasteiger partial charge is 0.270 e. The molecule has 1 N–H and O–H groups in total. The highest BCUT2D eigenvalue weighted by molar-refractivity contribution is 6.33. The Labute approximate surface area is 115 Å². The number of rotatable bonds is 7. The van der Waals surface area contributed by atoms with Crippen molar-refractivity contribution in [3.05, 3.63) is 38.9 Å². The molecular weight excluding hydrogens is 272 g/mol. The van der Waals surface area contributed by atoms with E-state index in [-0.39, 0.29) is 16.3 Å². The summed E-state index contributed by atoms with van der Waals surface area (Å²) < 4.78 is 4.89. The summed E-state index contributed by atoms with van der Waals surface area (Å²) >= 11 is 5.85. The number of carbonyl (C=O) groups is 1. The minimum atomic E-state index is -0.564. The van der Waals surface area contributed by atoms with Gasteiger partial charge in [-0.1, -0.05) is 11.6 Å². The molecular formula is C12H15ClN2O4. The average molecular weight is 287 g/mol. The van der Waals surface area contributed by atoms with Crippen molar-refractivity contribution in [2.75, 3.05) is 20.3 Å². The van der Waals surface area contributed by atoms with Gasteiger partial charge in [-0.25, -0.2) is 0 Å². The number of methoxy groups -OCH3 is 1. The molecule has 7 heteroatoms. The predicted octanol–water partition coefficient (Wildman–Crippen LogP) is 2.40. The van der Waals surface area contributed by atoms with Crippen LogP contribution in [-0.2, 0) is 4.74 Å². The van der Waals surface area contributed by atoms with E-state index in [1.54, 1.807) is 7.11 Å². The molecule has 0 atom stereocenters. The summed E-state index contributed by atoms with van der Waals surface area (Å²) in [5.41, 5.74) is -0.0449. The Balaban J connectivity index is 2.61. The highest BCUT2D eigenvalue weighted by atomic mass is 35.5. The molecule has 0 aliphatic heterocycles. The van der Waals surface area contributed by atoms with Gasteiger partial charge in [-0.05, 0) is 18.9 Å². The third kappa shape index (κ3) is 4.84. The third-order valence-electron chi connectivity index (χ3n) is 2.47. The minimum Gasteiger partial charge on any atom is -0.385 e. The topological polar surface area (TPSA) is 81.5 Å². The van der Waals surface area contributed by atoms with Crippen molar-refractivity contribution in [2.24, 2.45) is 0 Å². The van der Waals surface area contributed by atoms with E-state index in [4.69, 9.17) is 16.3 Å². The van der Waals surface area contributed by atoms with Gasteiger partial charge in [0.2, 0.25) is 0 Å². The Morgan fingerprint density at radius 2 is 2.21 bits per heavy atom. The predicted molar refractivity (Wildman–Crippen MR) is 71.5 cm³/mol. The number of ether oxygens (including phenoxy) is 1. The zero-order chi connectivity index (χ0) is 14.3. The molecule has 0 fully saturated rings. The van der Waals surface area contributed by atoms with Gasteiger partial charge >= 0.3 is 0 Å². The maximum atomic E-state index is 11.8. The summed E-state index contributed by atoms with van der Waals surface area (Å²) in [6, 6.07) is 3.78. The summed E-state index contributed by atoms with van der Waals surface area (Å²) in [6.45, 7) is 1.11. The average Bonchev–Trinajstić information content (AvgIpc) is 2.38. The van der Waals surface area contributed by atoms with Crippen molar-refractivity contribution in [3.63, 3.8) is 0 Å². The van der Waals surface area contributed by atoms with Crippen molar-refractivity contribution in [1.29, 1.82) is 0 Å². The van der Waals surface area contributed by atoms with E-state index >= 15 is 0 Å². The lowest BCUT2D eigenvalue weighted by Gasteiger charge is -2.06. The molecule has 1 amide bonds. The Morgan fingerprint density at radius 1 is 1.47 bits per heavy atom. The summed E-state index contributed by atoms with van der Waals surface area (Å²) in [6.07, 6.45) is 1.60. The lowest BCUT2D eigenvalue weighted by Crippen LogP contribution is -2.25. The number of carbonyl (C=O) groups excluding carboxylic acids is 1. The van der Waals surface area contributed by atoms with Crippen LogP contribution in [0.5, 0.6) is 0 Å². The molecule has 0 radical (unpaired) electrons. The number of hydrogen-bond donors (Lipinski definition) is 1. The van der Waals surface area contributed by atoms with Crippen molar-refractivity contribution in [1.82, 2.24) is 5.32 Å². The number of amides is 1. The summed E-state index contributed by atoms with van der Waals surface area (Å²) in [7, 11) is 1.61. The van der Waals surface area contributed by atoms with Crippen LogP contribution in [0.2, 0.25) is 5.02 Å². The van der Waals surface area contributed by atoms with Crippen LogP contribution in [0.3, 0.4) is 0 Å². The molecule has 0 bridgehead atoms. The fraction of sp³-hybridized carbons (Fsp3) is 0.417. The van der Waals surface area contributed by atoms with Gasteiger partial charge in [-0.15, -0.1) is 0 Å². The molecule has 1 rings (SSSR count). The second kappa shape index (κ2) is 7.70. The minimum absolute atomic E-state index is 0.114. The molecule has 0 aliphatic rings. The molecule has 0 unspecified atom stereocenters. The molecule has 0 aromatic heterocycles. The van der Waals surface area contributed by atoms with Gasteiger partial charge in [0.15, 0.2) is 0 Å². The lowest BCUT2D eigenvalue weighted by atomic mass is 10.2. The number of hydrogen-bond acceptors (Lipinski definition) is 4. The second-order valence-electron chi connectivity index (χ2n) is 3.88. The largest absolute Gasteiger partial charge is 0.385 e. The molecule has 1 aromatic carbocycles. The van der Waals surface area contributed by atoms with Crippen LogP contribution < -0.4 is 5.32 Å². The Kier molecular flexibility index (Phi) is 6.24. The van der Waals surface area contributed by atoms with Gasteiger partial charge in [0, 0.05) is 32.4 Å². The second-order valence-corrected chi connectivity index (χ2v) is 4.28. The summed E-state index contributed by atoms with van der Waals surface area (Å²) in [5, 5.41) is 13.5. The van der Waals surface area contributed by atoms with Crippen molar-refractivity contribution in [3.8, 4) is 0 Å². The molecule has 0 saturated carbocycles. The number of nitrogens with one attached hydrogen (secondary N) is 1. The number of nitro groups is 1. The van der Waals surface area contributed by atoms with Gasteiger partial charge in [0.1, 0.15) is 0 Å². The first-order valence-corrected chi connectivity index (χ1v) is 6.15. The van der Waals surface area contributed by atoms with Gasteiger partial charge in [0.05, 0.1) is 15.5 Å². The molecule has 0 spiro atoms. The molecule has 104 valence electrons. The molecule has 0 saturated heterocycles. The fourth-order valence-electron chi connectivity index (χ4n) is 1.47.